The van der Waals surface area contributed by atoms with Crippen molar-refractivity contribution in [1.82, 2.24) is 0 Å². The predicted octanol–water partition coefficient (Wildman–Crippen LogP) is 5.15. The minimum atomic E-state index is -0.573. The molecule has 0 saturated carbocycles. The number of nitro groups is 1. The lowest BCUT2D eigenvalue weighted by Crippen LogP contribution is -2.11. The second kappa shape index (κ2) is 8.73. The SMILES string of the molecule is COc1ccc(NC(=O)c2cc(COc3cccc(Cl)c3)cs2)c([N+](=O)[O-])c1. The van der Waals surface area contributed by atoms with E-state index in [9.17, 15) is 14.9 Å². The van der Waals surface area contributed by atoms with Crippen molar-refractivity contribution in [2.45, 2.75) is 6.61 Å². The van der Waals surface area contributed by atoms with Crippen LogP contribution in [0.4, 0.5) is 11.4 Å². The van der Waals surface area contributed by atoms with Gasteiger partial charge in [0.25, 0.3) is 11.6 Å². The average Bonchev–Trinajstić information content (AvgIpc) is 3.16. The van der Waals surface area contributed by atoms with E-state index >= 15 is 0 Å². The van der Waals surface area contributed by atoms with Crippen molar-refractivity contribution < 1.29 is 19.2 Å². The van der Waals surface area contributed by atoms with E-state index in [4.69, 9.17) is 21.1 Å². The number of methoxy groups -OCH3 is 1. The summed E-state index contributed by atoms with van der Waals surface area (Å²) in [4.78, 5) is 23.5. The van der Waals surface area contributed by atoms with Crippen LogP contribution in [0.15, 0.2) is 53.9 Å². The van der Waals surface area contributed by atoms with Crippen molar-refractivity contribution in [2.75, 3.05) is 12.4 Å². The molecular weight excluding hydrogens is 404 g/mol. The molecule has 0 bridgehead atoms. The molecule has 0 saturated heterocycles. The molecule has 144 valence electrons. The fraction of sp³-hybridized carbons (Fsp3) is 0.105. The summed E-state index contributed by atoms with van der Waals surface area (Å²) in [5.41, 5.74) is 0.661. The van der Waals surface area contributed by atoms with Gasteiger partial charge in [0.15, 0.2) is 0 Å². The number of thiophene rings is 1. The first-order chi connectivity index (χ1) is 13.5. The number of amides is 1. The first-order valence-corrected chi connectivity index (χ1v) is 9.31. The maximum atomic E-state index is 12.5. The highest BCUT2D eigenvalue weighted by Crippen LogP contribution is 2.30. The van der Waals surface area contributed by atoms with Gasteiger partial charge in [-0.05, 0) is 41.8 Å². The Morgan fingerprint density at radius 3 is 2.75 bits per heavy atom. The van der Waals surface area contributed by atoms with Gasteiger partial charge < -0.3 is 14.8 Å². The number of hydrogen-bond donors (Lipinski definition) is 1. The molecule has 0 fully saturated rings. The first-order valence-electron chi connectivity index (χ1n) is 8.06. The zero-order valence-electron chi connectivity index (χ0n) is 14.7. The molecule has 1 N–H and O–H groups in total. The molecule has 1 aromatic heterocycles. The Labute approximate surface area is 169 Å². The summed E-state index contributed by atoms with van der Waals surface area (Å²) in [6.45, 7) is 0.271. The van der Waals surface area contributed by atoms with Crippen LogP contribution in [0.25, 0.3) is 0 Å². The molecule has 7 nitrogen and oxygen atoms in total. The van der Waals surface area contributed by atoms with Crippen molar-refractivity contribution in [3.8, 4) is 11.5 Å². The van der Waals surface area contributed by atoms with Crippen LogP contribution in [-0.2, 0) is 6.61 Å². The third-order valence-corrected chi connectivity index (χ3v) is 4.94. The summed E-state index contributed by atoms with van der Waals surface area (Å²) in [7, 11) is 1.41. The molecule has 28 heavy (non-hydrogen) atoms. The number of nitro benzene ring substituents is 1. The summed E-state index contributed by atoms with van der Waals surface area (Å²) in [6.07, 6.45) is 0. The van der Waals surface area contributed by atoms with Crippen LogP contribution in [0.2, 0.25) is 5.02 Å². The van der Waals surface area contributed by atoms with Crippen molar-refractivity contribution in [2.24, 2.45) is 0 Å². The van der Waals surface area contributed by atoms with E-state index in [-0.39, 0.29) is 18.0 Å². The van der Waals surface area contributed by atoms with Gasteiger partial charge in [0, 0.05) is 10.6 Å². The van der Waals surface area contributed by atoms with Crippen LogP contribution >= 0.6 is 22.9 Å². The normalized spacial score (nSPS) is 10.4. The Morgan fingerprint density at radius 2 is 2.04 bits per heavy atom. The highest BCUT2D eigenvalue weighted by atomic mass is 35.5. The molecule has 0 atom stereocenters. The molecule has 0 spiro atoms. The molecule has 1 amide bonds. The van der Waals surface area contributed by atoms with Crippen LogP contribution in [0.3, 0.4) is 0 Å². The molecule has 0 unspecified atom stereocenters. The molecule has 1 heterocycles. The molecular formula is C19H15ClN2O5S. The fourth-order valence-corrected chi connectivity index (χ4v) is 3.35. The van der Waals surface area contributed by atoms with Gasteiger partial charge in [-0.2, -0.15) is 0 Å². The van der Waals surface area contributed by atoms with Gasteiger partial charge in [0.1, 0.15) is 23.8 Å². The number of anilines is 1. The third kappa shape index (κ3) is 4.79. The highest BCUT2D eigenvalue weighted by molar-refractivity contribution is 7.12. The number of ether oxygens (including phenoxy) is 2. The van der Waals surface area contributed by atoms with Crippen molar-refractivity contribution in [3.63, 3.8) is 0 Å². The Morgan fingerprint density at radius 1 is 1.21 bits per heavy atom. The molecule has 3 aromatic rings. The first kappa shape index (κ1) is 19.7. The van der Waals surface area contributed by atoms with Crippen LogP contribution in [0.5, 0.6) is 11.5 Å². The Hall–Kier alpha value is -3.10. The molecule has 2 aromatic carbocycles. The average molecular weight is 419 g/mol. The standard InChI is InChI=1S/C19H15ClN2O5S/c1-26-14-5-6-16(17(9-14)22(24)25)21-19(23)18-7-12(11-28-18)10-27-15-4-2-3-13(20)8-15/h2-9,11H,10H2,1H3,(H,21,23). The van der Waals surface area contributed by atoms with E-state index in [1.165, 1.54) is 30.6 Å². The monoisotopic (exact) mass is 418 g/mol. The second-order valence-electron chi connectivity index (χ2n) is 5.66. The molecule has 0 aliphatic rings. The lowest BCUT2D eigenvalue weighted by molar-refractivity contribution is -0.384. The molecule has 3 rings (SSSR count). The quantitative estimate of drug-likeness (QED) is 0.423. The van der Waals surface area contributed by atoms with Gasteiger partial charge in [-0.3, -0.25) is 14.9 Å². The summed E-state index contributed by atoms with van der Waals surface area (Å²) >= 11 is 7.14. The number of carbonyl (C=O) groups excluding carboxylic acids is 1. The fourth-order valence-electron chi connectivity index (χ4n) is 2.37. The lowest BCUT2D eigenvalue weighted by Gasteiger charge is -2.06. The predicted molar refractivity (Wildman–Crippen MR) is 108 cm³/mol. The number of nitrogens with one attached hydrogen (secondary N) is 1. The summed E-state index contributed by atoms with van der Waals surface area (Å²) in [6, 6.07) is 12.9. The van der Waals surface area contributed by atoms with Gasteiger partial charge in [0.2, 0.25) is 0 Å². The lowest BCUT2D eigenvalue weighted by atomic mass is 10.2. The number of nitrogens with zero attached hydrogens (tertiary/aromatic N) is 1. The number of benzene rings is 2. The van der Waals surface area contributed by atoms with Crippen molar-refractivity contribution in [3.05, 3.63) is 79.5 Å². The van der Waals surface area contributed by atoms with Gasteiger partial charge in [-0.15, -0.1) is 11.3 Å². The summed E-state index contributed by atoms with van der Waals surface area (Å²) in [5.74, 6) is 0.520. The molecule has 9 heteroatoms. The largest absolute Gasteiger partial charge is 0.496 e. The van der Waals surface area contributed by atoms with Crippen molar-refractivity contribution in [1.29, 1.82) is 0 Å². The van der Waals surface area contributed by atoms with E-state index in [0.29, 0.717) is 21.4 Å². The van der Waals surface area contributed by atoms with Gasteiger partial charge >= 0.3 is 0 Å². The number of hydrogen-bond acceptors (Lipinski definition) is 6. The topological polar surface area (TPSA) is 90.7 Å². The van der Waals surface area contributed by atoms with E-state index < -0.39 is 10.8 Å². The Bertz CT molecular complexity index is 1020. The zero-order chi connectivity index (χ0) is 20.1. The Kier molecular flexibility index (Phi) is 6.13. The minimum absolute atomic E-state index is 0.0981. The second-order valence-corrected chi connectivity index (χ2v) is 7.01. The van der Waals surface area contributed by atoms with Crippen LogP contribution in [-0.4, -0.2) is 17.9 Å². The van der Waals surface area contributed by atoms with Crippen molar-refractivity contribution >= 4 is 40.2 Å². The van der Waals surface area contributed by atoms with E-state index in [0.717, 1.165) is 5.56 Å². The maximum absolute atomic E-state index is 12.5. The van der Waals surface area contributed by atoms with E-state index in [1.807, 2.05) is 0 Å². The van der Waals surface area contributed by atoms with Crippen LogP contribution in [0, 0.1) is 10.1 Å². The smallest absolute Gasteiger partial charge is 0.296 e. The van der Waals surface area contributed by atoms with E-state index in [1.54, 1.807) is 41.8 Å². The number of carbonyl (C=O) groups is 1. The van der Waals surface area contributed by atoms with Crippen LogP contribution in [0.1, 0.15) is 15.2 Å². The summed E-state index contributed by atoms with van der Waals surface area (Å²) in [5, 5.41) is 16.2. The number of rotatable bonds is 7. The third-order valence-electron chi connectivity index (χ3n) is 3.73. The van der Waals surface area contributed by atoms with Gasteiger partial charge in [0.05, 0.1) is 23.0 Å². The summed E-state index contributed by atoms with van der Waals surface area (Å²) < 4.78 is 10.6. The number of halogens is 1. The minimum Gasteiger partial charge on any atom is -0.496 e. The highest BCUT2D eigenvalue weighted by Gasteiger charge is 2.19. The van der Waals surface area contributed by atoms with Crippen LogP contribution < -0.4 is 14.8 Å². The maximum Gasteiger partial charge on any atom is 0.296 e. The zero-order valence-corrected chi connectivity index (χ0v) is 16.3. The van der Waals surface area contributed by atoms with E-state index in [2.05, 4.69) is 5.32 Å². The Balaban J connectivity index is 1.68. The molecule has 0 radical (unpaired) electrons. The molecule has 0 aliphatic carbocycles. The van der Waals surface area contributed by atoms with Gasteiger partial charge in [-0.1, -0.05) is 17.7 Å². The van der Waals surface area contributed by atoms with Gasteiger partial charge in [-0.25, -0.2) is 0 Å². The molecule has 0 aliphatic heterocycles.